The van der Waals surface area contributed by atoms with Crippen LogP contribution in [0.2, 0.25) is 5.02 Å². The Morgan fingerprint density at radius 3 is 2.71 bits per heavy atom. The summed E-state index contributed by atoms with van der Waals surface area (Å²) in [5.41, 5.74) is 0.385. The molecule has 6 heteroatoms. The molecule has 0 saturated carbocycles. The number of benzene rings is 1. The van der Waals surface area contributed by atoms with Gasteiger partial charge in [0.25, 0.3) is 0 Å². The zero-order valence-corrected chi connectivity index (χ0v) is 10.9. The Bertz CT molecular complexity index is 410. The smallest absolute Gasteiger partial charge is 0.310 e. The van der Waals surface area contributed by atoms with Crippen molar-refractivity contribution in [2.75, 3.05) is 26.0 Å². The number of nitrogens with zero attached hydrogens (tertiary/aromatic N) is 2. The molecule has 0 aliphatic rings. The zero-order valence-electron chi connectivity index (χ0n) is 10.1. The Balaban J connectivity index is 2.84. The van der Waals surface area contributed by atoms with Crippen molar-refractivity contribution in [2.45, 2.75) is 13.0 Å². The molecule has 1 N–H and O–H groups in total. The number of nitrogens with one attached hydrogen (secondary N) is 1. The van der Waals surface area contributed by atoms with Crippen LogP contribution in [0.3, 0.4) is 0 Å². The minimum atomic E-state index is -0.467. The highest BCUT2D eigenvalue weighted by Crippen LogP contribution is 2.32. The zero-order chi connectivity index (χ0) is 13.0. The molecule has 1 rings (SSSR count). The second kappa shape index (κ2) is 5.84. The predicted molar refractivity (Wildman–Crippen MR) is 69.7 cm³/mol. The Morgan fingerprint density at radius 2 is 2.18 bits per heavy atom. The number of rotatable bonds is 5. The molecule has 17 heavy (non-hydrogen) atoms. The van der Waals surface area contributed by atoms with E-state index in [1.165, 1.54) is 6.07 Å². The molecule has 1 aromatic rings. The second-order valence-electron chi connectivity index (χ2n) is 4.09. The largest absolute Gasteiger partial charge is 0.378 e. The molecule has 0 spiro atoms. The quantitative estimate of drug-likeness (QED) is 0.651. The molecule has 0 heterocycles. The summed E-state index contributed by atoms with van der Waals surface area (Å²) in [6.45, 7) is 2.65. The van der Waals surface area contributed by atoms with Crippen LogP contribution in [-0.2, 0) is 0 Å². The van der Waals surface area contributed by atoms with E-state index in [0.717, 1.165) is 0 Å². The first-order valence-corrected chi connectivity index (χ1v) is 5.64. The normalized spacial score (nSPS) is 12.5. The van der Waals surface area contributed by atoms with E-state index in [9.17, 15) is 10.1 Å². The Labute approximate surface area is 106 Å². The van der Waals surface area contributed by atoms with Gasteiger partial charge in [0, 0.05) is 12.6 Å². The van der Waals surface area contributed by atoms with Crippen LogP contribution in [0.4, 0.5) is 11.4 Å². The Morgan fingerprint density at radius 1 is 1.53 bits per heavy atom. The summed E-state index contributed by atoms with van der Waals surface area (Å²) in [7, 11) is 3.91. The molecule has 0 aromatic heterocycles. The first-order valence-electron chi connectivity index (χ1n) is 5.26. The fourth-order valence-corrected chi connectivity index (χ4v) is 1.53. The summed E-state index contributed by atoms with van der Waals surface area (Å²) in [6, 6.07) is 5.14. The van der Waals surface area contributed by atoms with Crippen LogP contribution in [0.25, 0.3) is 0 Å². The topological polar surface area (TPSA) is 58.4 Å². The average molecular weight is 258 g/mol. The molecule has 1 aromatic carbocycles. The van der Waals surface area contributed by atoms with Crippen LogP contribution in [0, 0.1) is 10.1 Å². The first kappa shape index (κ1) is 13.7. The summed E-state index contributed by atoms with van der Waals surface area (Å²) in [5, 5.41) is 14.1. The first-order chi connectivity index (χ1) is 7.93. The van der Waals surface area contributed by atoms with Crippen LogP contribution >= 0.6 is 11.6 Å². The SMILES string of the molecule is CC(CNc1cccc(Cl)c1[N+](=O)[O-])N(C)C. The summed E-state index contributed by atoms with van der Waals surface area (Å²) in [5.74, 6) is 0. The average Bonchev–Trinajstić information content (AvgIpc) is 2.24. The number of para-hydroxylation sites is 1. The lowest BCUT2D eigenvalue weighted by molar-refractivity contribution is -0.383. The number of hydrogen-bond donors (Lipinski definition) is 1. The number of hydrogen-bond acceptors (Lipinski definition) is 4. The van der Waals surface area contributed by atoms with Crippen molar-refractivity contribution in [3.05, 3.63) is 33.3 Å². The molecule has 0 saturated heterocycles. The summed E-state index contributed by atoms with van der Waals surface area (Å²) >= 11 is 5.81. The molecule has 0 aliphatic carbocycles. The van der Waals surface area contributed by atoms with Crippen molar-refractivity contribution in [1.82, 2.24) is 4.90 Å². The minimum Gasteiger partial charge on any atom is -0.378 e. The summed E-state index contributed by atoms with van der Waals surface area (Å²) in [4.78, 5) is 12.5. The molecule has 5 nitrogen and oxygen atoms in total. The van der Waals surface area contributed by atoms with Gasteiger partial charge in [-0.1, -0.05) is 17.7 Å². The van der Waals surface area contributed by atoms with Crippen molar-refractivity contribution < 1.29 is 4.92 Å². The van der Waals surface area contributed by atoms with E-state index in [2.05, 4.69) is 5.32 Å². The summed E-state index contributed by atoms with van der Waals surface area (Å²) < 4.78 is 0. The van der Waals surface area contributed by atoms with Crippen LogP contribution in [0.5, 0.6) is 0 Å². The molecule has 0 fully saturated rings. The van der Waals surface area contributed by atoms with Gasteiger partial charge in [0.15, 0.2) is 0 Å². The Kier molecular flexibility index (Phi) is 4.72. The monoisotopic (exact) mass is 257 g/mol. The third kappa shape index (κ3) is 3.57. The van der Waals surface area contributed by atoms with Gasteiger partial charge in [0.2, 0.25) is 0 Å². The number of nitro benzene ring substituents is 1. The molecule has 0 aliphatic heterocycles. The third-order valence-electron chi connectivity index (χ3n) is 2.64. The maximum absolute atomic E-state index is 10.9. The van der Waals surface area contributed by atoms with Crippen molar-refractivity contribution in [3.8, 4) is 0 Å². The molecule has 0 amide bonds. The van der Waals surface area contributed by atoms with Crippen molar-refractivity contribution in [1.29, 1.82) is 0 Å². The van der Waals surface area contributed by atoms with Crippen molar-refractivity contribution in [2.24, 2.45) is 0 Å². The highest BCUT2D eigenvalue weighted by Gasteiger charge is 2.18. The fraction of sp³-hybridized carbons (Fsp3) is 0.455. The molecule has 94 valence electrons. The van der Waals surface area contributed by atoms with E-state index in [-0.39, 0.29) is 16.8 Å². The molecule has 0 bridgehead atoms. The number of nitro groups is 1. The summed E-state index contributed by atoms with van der Waals surface area (Å²) in [6.07, 6.45) is 0. The molecular weight excluding hydrogens is 242 g/mol. The van der Waals surface area contributed by atoms with Crippen LogP contribution in [0.1, 0.15) is 6.92 Å². The van der Waals surface area contributed by atoms with E-state index < -0.39 is 4.92 Å². The lowest BCUT2D eigenvalue weighted by Crippen LogP contribution is -2.31. The van der Waals surface area contributed by atoms with Crippen LogP contribution in [-0.4, -0.2) is 36.5 Å². The predicted octanol–water partition coefficient (Wildman–Crippen LogP) is 2.61. The van der Waals surface area contributed by atoms with Crippen LogP contribution in [0.15, 0.2) is 18.2 Å². The van der Waals surface area contributed by atoms with Crippen molar-refractivity contribution >= 4 is 23.0 Å². The Hall–Kier alpha value is -1.33. The second-order valence-corrected chi connectivity index (χ2v) is 4.49. The van der Waals surface area contributed by atoms with E-state index in [4.69, 9.17) is 11.6 Å². The van der Waals surface area contributed by atoms with Crippen LogP contribution < -0.4 is 5.32 Å². The van der Waals surface area contributed by atoms with Gasteiger partial charge in [-0.2, -0.15) is 0 Å². The maximum Gasteiger partial charge on any atom is 0.310 e. The highest BCUT2D eigenvalue weighted by molar-refractivity contribution is 6.33. The van der Waals surface area contributed by atoms with E-state index in [0.29, 0.717) is 12.2 Å². The molecular formula is C11H16ClN3O2. The van der Waals surface area contributed by atoms with E-state index >= 15 is 0 Å². The molecule has 1 atom stereocenters. The third-order valence-corrected chi connectivity index (χ3v) is 2.94. The minimum absolute atomic E-state index is 0.0693. The van der Waals surface area contributed by atoms with Gasteiger partial charge in [0.1, 0.15) is 10.7 Å². The maximum atomic E-state index is 10.9. The molecule has 1 unspecified atom stereocenters. The highest BCUT2D eigenvalue weighted by atomic mass is 35.5. The van der Waals surface area contributed by atoms with Gasteiger partial charge < -0.3 is 10.2 Å². The van der Waals surface area contributed by atoms with Gasteiger partial charge >= 0.3 is 5.69 Å². The van der Waals surface area contributed by atoms with Gasteiger partial charge in [-0.05, 0) is 33.2 Å². The molecule has 0 radical (unpaired) electrons. The fourth-order valence-electron chi connectivity index (χ4n) is 1.28. The number of likely N-dealkylation sites (N-methyl/N-ethyl adjacent to an activating group) is 1. The van der Waals surface area contributed by atoms with E-state index in [1.54, 1.807) is 12.1 Å². The number of anilines is 1. The van der Waals surface area contributed by atoms with Gasteiger partial charge in [-0.3, -0.25) is 10.1 Å². The van der Waals surface area contributed by atoms with Gasteiger partial charge in [-0.15, -0.1) is 0 Å². The van der Waals surface area contributed by atoms with Gasteiger partial charge in [-0.25, -0.2) is 0 Å². The lowest BCUT2D eigenvalue weighted by Gasteiger charge is -2.20. The van der Waals surface area contributed by atoms with Gasteiger partial charge in [0.05, 0.1) is 4.92 Å². The lowest BCUT2D eigenvalue weighted by atomic mass is 10.2. The number of halogens is 1. The van der Waals surface area contributed by atoms with Crippen molar-refractivity contribution in [3.63, 3.8) is 0 Å². The standard InChI is InChI=1S/C11H16ClN3O2/c1-8(14(2)3)7-13-10-6-4-5-9(12)11(10)15(16)17/h4-6,8,13H,7H2,1-3H3. The van der Waals surface area contributed by atoms with E-state index in [1.807, 2.05) is 25.9 Å².